The standard InChI is InChI=1S/C14H13Cl2F2N3/c1-19-13-11(17)7-12(18)14(21-13)20-5-4-8-2-3-9(15)6-10(8)16/h2-3,6-7H,4-5H2,1H3,(H2,19,20,21). The normalized spacial score (nSPS) is 10.5. The molecule has 0 atom stereocenters. The van der Waals surface area contributed by atoms with Crippen LogP contribution in [0.4, 0.5) is 20.4 Å². The van der Waals surface area contributed by atoms with Gasteiger partial charge in [-0.05, 0) is 24.1 Å². The van der Waals surface area contributed by atoms with Crippen LogP contribution in [0.3, 0.4) is 0 Å². The van der Waals surface area contributed by atoms with Crippen LogP contribution in [-0.2, 0) is 6.42 Å². The summed E-state index contributed by atoms with van der Waals surface area (Å²) in [7, 11) is 1.51. The molecule has 0 fully saturated rings. The number of anilines is 2. The van der Waals surface area contributed by atoms with Gasteiger partial charge < -0.3 is 10.6 Å². The van der Waals surface area contributed by atoms with E-state index in [9.17, 15) is 8.78 Å². The number of hydrogen-bond donors (Lipinski definition) is 2. The highest BCUT2D eigenvalue weighted by molar-refractivity contribution is 6.35. The average Bonchev–Trinajstić information content (AvgIpc) is 2.43. The molecule has 1 heterocycles. The van der Waals surface area contributed by atoms with Gasteiger partial charge in [0.1, 0.15) is 0 Å². The molecule has 2 rings (SSSR count). The van der Waals surface area contributed by atoms with Gasteiger partial charge in [-0.2, -0.15) is 0 Å². The van der Waals surface area contributed by atoms with E-state index < -0.39 is 11.6 Å². The lowest BCUT2D eigenvalue weighted by atomic mass is 10.1. The Morgan fingerprint density at radius 3 is 2.48 bits per heavy atom. The van der Waals surface area contributed by atoms with Crippen molar-refractivity contribution in [3.8, 4) is 0 Å². The molecule has 21 heavy (non-hydrogen) atoms. The summed E-state index contributed by atoms with van der Waals surface area (Å²) >= 11 is 11.9. The van der Waals surface area contributed by atoms with E-state index in [1.165, 1.54) is 7.05 Å². The van der Waals surface area contributed by atoms with Gasteiger partial charge in [0, 0.05) is 29.7 Å². The Bertz CT molecular complexity index is 650. The van der Waals surface area contributed by atoms with E-state index in [4.69, 9.17) is 23.2 Å². The monoisotopic (exact) mass is 331 g/mol. The molecule has 0 saturated heterocycles. The van der Waals surface area contributed by atoms with E-state index in [1.54, 1.807) is 18.2 Å². The third kappa shape index (κ3) is 3.95. The topological polar surface area (TPSA) is 37.0 Å². The van der Waals surface area contributed by atoms with Gasteiger partial charge in [-0.1, -0.05) is 29.3 Å². The number of hydrogen-bond acceptors (Lipinski definition) is 3. The van der Waals surface area contributed by atoms with Crippen LogP contribution in [0.2, 0.25) is 10.0 Å². The largest absolute Gasteiger partial charge is 0.371 e. The summed E-state index contributed by atoms with van der Waals surface area (Å²) in [5.74, 6) is -1.50. The Kier molecular flexibility index (Phi) is 5.20. The Hall–Kier alpha value is -1.59. The van der Waals surface area contributed by atoms with Gasteiger partial charge in [0.15, 0.2) is 23.3 Å². The average molecular weight is 332 g/mol. The lowest BCUT2D eigenvalue weighted by Gasteiger charge is -2.10. The molecule has 0 bridgehead atoms. The molecule has 1 aromatic heterocycles. The first-order chi connectivity index (χ1) is 10.0. The van der Waals surface area contributed by atoms with E-state index in [0.29, 0.717) is 23.0 Å². The number of benzene rings is 1. The fraction of sp³-hybridized carbons (Fsp3) is 0.214. The number of rotatable bonds is 5. The summed E-state index contributed by atoms with van der Waals surface area (Å²) in [6, 6.07) is 5.98. The molecule has 2 N–H and O–H groups in total. The molecule has 2 aromatic rings. The van der Waals surface area contributed by atoms with Crippen molar-refractivity contribution in [3.05, 3.63) is 51.5 Å². The van der Waals surface area contributed by atoms with Gasteiger partial charge in [-0.15, -0.1) is 0 Å². The first-order valence-corrected chi connectivity index (χ1v) is 6.98. The van der Waals surface area contributed by atoms with Crippen molar-refractivity contribution < 1.29 is 8.78 Å². The van der Waals surface area contributed by atoms with Crippen LogP contribution in [0.15, 0.2) is 24.3 Å². The van der Waals surface area contributed by atoms with Crippen LogP contribution in [0, 0.1) is 11.6 Å². The summed E-state index contributed by atoms with van der Waals surface area (Å²) < 4.78 is 26.9. The Balaban J connectivity index is 2.03. The third-order valence-electron chi connectivity index (χ3n) is 2.87. The molecule has 0 aliphatic rings. The first-order valence-electron chi connectivity index (χ1n) is 6.23. The van der Waals surface area contributed by atoms with Gasteiger partial charge in [-0.25, -0.2) is 13.8 Å². The molecule has 0 aliphatic heterocycles. The van der Waals surface area contributed by atoms with Crippen LogP contribution >= 0.6 is 23.2 Å². The summed E-state index contributed by atoms with van der Waals surface area (Å²) in [6.07, 6.45) is 0.559. The number of nitrogens with one attached hydrogen (secondary N) is 2. The van der Waals surface area contributed by atoms with Gasteiger partial charge in [-0.3, -0.25) is 0 Å². The minimum absolute atomic E-state index is 0.00849. The summed E-state index contributed by atoms with van der Waals surface area (Å²) in [4.78, 5) is 3.83. The smallest absolute Gasteiger partial charge is 0.168 e. The molecule has 7 heteroatoms. The van der Waals surface area contributed by atoms with Crippen LogP contribution in [-0.4, -0.2) is 18.6 Å². The molecule has 0 amide bonds. The number of nitrogens with zero attached hydrogens (tertiary/aromatic N) is 1. The van der Waals surface area contributed by atoms with Crippen molar-refractivity contribution in [2.24, 2.45) is 0 Å². The lowest BCUT2D eigenvalue weighted by molar-refractivity contribution is 0.578. The van der Waals surface area contributed by atoms with E-state index in [0.717, 1.165) is 11.6 Å². The Morgan fingerprint density at radius 2 is 1.81 bits per heavy atom. The summed E-state index contributed by atoms with van der Waals surface area (Å²) in [6.45, 7) is 0.403. The van der Waals surface area contributed by atoms with Gasteiger partial charge >= 0.3 is 0 Å². The zero-order chi connectivity index (χ0) is 15.4. The van der Waals surface area contributed by atoms with Gasteiger partial charge in [0.25, 0.3) is 0 Å². The molecule has 0 radical (unpaired) electrons. The second-order valence-electron chi connectivity index (χ2n) is 4.31. The number of aromatic nitrogens is 1. The molecule has 0 saturated carbocycles. The Morgan fingerprint density at radius 1 is 1.10 bits per heavy atom. The predicted molar refractivity (Wildman–Crippen MR) is 82.4 cm³/mol. The van der Waals surface area contributed by atoms with Crippen molar-refractivity contribution >= 4 is 34.8 Å². The molecular formula is C14H13Cl2F2N3. The molecule has 0 unspecified atom stereocenters. The SMILES string of the molecule is CNc1nc(NCCc2ccc(Cl)cc2Cl)c(F)cc1F. The fourth-order valence-corrected chi connectivity index (χ4v) is 2.31. The van der Waals surface area contributed by atoms with Crippen LogP contribution < -0.4 is 10.6 Å². The van der Waals surface area contributed by atoms with Crippen molar-refractivity contribution in [1.29, 1.82) is 0 Å². The Labute approximate surface area is 131 Å². The summed E-state index contributed by atoms with van der Waals surface area (Å²) in [5, 5.41) is 6.48. The first kappa shape index (κ1) is 15.8. The predicted octanol–water partition coefficient (Wildman–Crippen LogP) is 4.36. The maximum absolute atomic E-state index is 13.6. The maximum Gasteiger partial charge on any atom is 0.168 e. The minimum Gasteiger partial charge on any atom is -0.371 e. The molecule has 0 aliphatic carbocycles. The second kappa shape index (κ2) is 6.91. The lowest BCUT2D eigenvalue weighted by Crippen LogP contribution is -2.10. The van der Waals surface area contributed by atoms with Crippen molar-refractivity contribution in [2.45, 2.75) is 6.42 Å². The molecule has 1 aromatic carbocycles. The highest BCUT2D eigenvalue weighted by Crippen LogP contribution is 2.22. The summed E-state index contributed by atoms with van der Waals surface area (Å²) in [5.41, 5.74) is 0.880. The fourth-order valence-electron chi connectivity index (χ4n) is 1.81. The van der Waals surface area contributed by atoms with Crippen LogP contribution in [0.25, 0.3) is 0 Å². The maximum atomic E-state index is 13.6. The second-order valence-corrected chi connectivity index (χ2v) is 5.16. The zero-order valence-electron chi connectivity index (χ0n) is 11.2. The van der Waals surface area contributed by atoms with Crippen LogP contribution in [0.5, 0.6) is 0 Å². The van der Waals surface area contributed by atoms with Crippen molar-refractivity contribution in [3.63, 3.8) is 0 Å². The zero-order valence-corrected chi connectivity index (χ0v) is 12.7. The van der Waals surface area contributed by atoms with E-state index in [2.05, 4.69) is 15.6 Å². The number of halogens is 4. The van der Waals surface area contributed by atoms with Gasteiger partial charge in [0.2, 0.25) is 0 Å². The third-order valence-corrected chi connectivity index (χ3v) is 3.46. The van der Waals surface area contributed by atoms with Crippen molar-refractivity contribution in [2.75, 3.05) is 24.2 Å². The molecule has 0 spiro atoms. The molecule has 3 nitrogen and oxygen atoms in total. The van der Waals surface area contributed by atoms with Crippen LogP contribution in [0.1, 0.15) is 5.56 Å². The van der Waals surface area contributed by atoms with Gasteiger partial charge in [0.05, 0.1) is 0 Å². The highest BCUT2D eigenvalue weighted by atomic mass is 35.5. The van der Waals surface area contributed by atoms with E-state index >= 15 is 0 Å². The molecular weight excluding hydrogens is 319 g/mol. The van der Waals surface area contributed by atoms with E-state index in [1.807, 2.05) is 0 Å². The highest BCUT2D eigenvalue weighted by Gasteiger charge is 2.10. The van der Waals surface area contributed by atoms with Crippen molar-refractivity contribution in [1.82, 2.24) is 4.98 Å². The molecule has 112 valence electrons. The van der Waals surface area contributed by atoms with E-state index in [-0.39, 0.29) is 11.6 Å². The minimum atomic E-state index is -0.742. The quantitative estimate of drug-likeness (QED) is 0.854. The number of pyridine rings is 1.